The Morgan fingerprint density at radius 1 is 1.10 bits per heavy atom. The molecule has 1 aliphatic rings. The van der Waals surface area contributed by atoms with Crippen LogP contribution >= 0.6 is 11.3 Å². The summed E-state index contributed by atoms with van der Waals surface area (Å²) >= 11 is 1.45. The molecule has 1 aliphatic heterocycles. The second kappa shape index (κ2) is 8.23. The Hall–Kier alpha value is -3.26. The van der Waals surface area contributed by atoms with Gasteiger partial charge in [-0.15, -0.1) is 0 Å². The van der Waals surface area contributed by atoms with Crippen molar-refractivity contribution in [1.82, 2.24) is 4.57 Å². The predicted octanol–water partition coefficient (Wildman–Crippen LogP) is 3.52. The smallest absolute Gasteiger partial charge is 0.279 e. The van der Waals surface area contributed by atoms with E-state index in [0.29, 0.717) is 16.1 Å². The molecule has 0 aliphatic carbocycles. The molecule has 7 nitrogen and oxygen atoms in total. The molecule has 2 heterocycles. The number of anilines is 1. The maximum absolute atomic E-state index is 12.8. The summed E-state index contributed by atoms with van der Waals surface area (Å²) in [4.78, 5) is 42.7. The van der Waals surface area contributed by atoms with Crippen LogP contribution in [0.5, 0.6) is 5.75 Å². The largest absolute Gasteiger partial charge is 0.497 e. The summed E-state index contributed by atoms with van der Waals surface area (Å²) in [7, 11) is 1.62. The molecule has 3 amide bonds. The summed E-state index contributed by atoms with van der Waals surface area (Å²) in [6.45, 7) is 2.80. The molecule has 0 N–H and O–H groups in total. The first-order valence-electron chi connectivity index (χ1n) is 9.74. The lowest BCUT2D eigenvalue weighted by Crippen LogP contribution is -2.28. The summed E-state index contributed by atoms with van der Waals surface area (Å²) in [5, 5.41) is 0. The van der Waals surface area contributed by atoms with Gasteiger partial charge in [-0.3, -0.25) is 19.3 Å². The highest BCUT2D eigenvalue weighted by atomic mass is 32.1. The van der Waals surface area contributed by atoms with Crippen LogP contribution in [0.15, 0.2) is 47.5 Å². The van der Waals surface area contributed by atoms with Gasteiger partial charge in [-0.2, -0.15) is 4.99 Å². The Kier molecular flexibility index (Phi) is 5.50. The second-order valence-electron chi connectivity index (χ2n) is 6.96. The Morgan fingerprint density at radius 3 is 2.43 bits per heavy atom. The number of aryl methyl sites for hydroxylation is 1. The summed E-state index contributed by atoms with van der Waals surface area (Å²) in [5.74, 6) is -0.0521. The number of nitrogens with zero attached hydrogens (tertiary/aromatic N) is 3. The molecule has 0 saturated carbocycles. The third-order valence-electron chi connectivity index (χ3n) is 4.96. The highest BCUT2D eigenvalue weighted by Crippen LogP contribution is 2.24. The standard InChI is InChI=1S/C22H21N3O4S/c1-3-12-24-17-13-16(29-2)8-9-18(17)30-22(24)23-21(28)14-4-6-15(7-5-14)25-19(26)10-11-20(25)27/h4-9,13H,3,10-12H2,1-2H3. The molecule has 8 heteroatoms. The van der Waals surface area contributed by atoms with E-state index in [1.807, 2.05) is 22.8 Å². The molecule has 0 spiro atoms. The van der Waals surface area contributed by atoms with Gasteiger partial charge in [-0.1, -0.05) is 18.3 Å². The molecule has 0 radical (unpaired) electrons. The third kappa shape index (κ3) is 3.66. The van der Waals surface area contributed by atoms with Crippen molar-refractivity contribution in [2.24, 2.45) is 4.99 Å². The highest BCUT2D eigenvalue weighted by Gasteiger charge is 2.30. The fraction of sp³-hybridized carbons (Fsp3) is 0.273. The zero-order valence-corrected chi connectivity index (χ0v) is 17.6. The molecule has 154 valence electrons. The number of imide groups is 1. The minimum atomic E-state index is -0.371. The molecule has 0 unspecified atom stereocenters. The van der Waals surface area contributed by atoms with Crippen LogP contribution in [0.3, 0.4) is 0 Å². The summed E-state index contributed by atoms with van der Waals surface area (Å²) in [6, 6.07) is 12.2. The van der Waals surface area contributed by atoms with E-state index in [0.717, 1.165) is 28.9 Å². The van der Waals surface area contributed by atoms with Gasteiger partial charge in [0.25, 0.3) is 5.91 Å². The highest BCUT2D eigenvalue weighted by molar-refractivity contribution is 7.16. The van der Waals surface area contributed by atoms with Crippen molar-refractivity contribution < 1.29 is 19.1 Å². The van der Waals surface area contributed by atoms with E-state index < -0.39 is 0 Å². The van der Waals surface area contributed by atoms with E-state index in [1.54, 1.807) is 31.4 Å². The maximum atomic E-state index is 12.8. The van der Waals surface area contributed by atoms with Gasteiger partial charge < -0.3 is 9.30 Å². The van der Waals surface area contributed by atoms with Crippen LogP contribution in [-0.2, 0) is 16.1 Å². The molecular weight excluding hydrogens is 402 g/mol. The van der Waals surface area contributed by atoms with Crippen molar-refractivity contribution in [2.75, 3.05) is 12.0 Å². The van der Waals surface area contributed by atoms with E-state index in [4.69, 9.17) is 4.74 Å². The van der Waals surface area contributed by atoms with Crippen LogP contribution in [0.2, 0.25) is 0 Å². The van der Waals surface area contributed by atoms with Gasteiger partial charge in [0.2, 0.25) is 11.8 Å². The van der Waals surface area contributed by atoms with Gasteiger partial charge in [-0.25, -0.2) is 0 Å². The molecule has 1 saturated heterocycles. The number of methoxy groups -OCH3 is 1. The van der Waals surface area contributed by atoms with Gasteiger partial charge in [0.15, 0.2) is 4.80 Å². The third-order valence-corrected chi connectivity index (χ3v) is 6.02. The molecule has 1 fully saturated rings. The lowest BCUT2D eigenvalue weighted by molar-refractivity contribution is -0.121. The van der Waals surface area contributed by atoms with E-state index >= 15 is 0 Å². The molecular formula is C22H21N3O4S. The first kappa shape index (κ1) is 20.0. The summed E-state index contributed by atoms with van der Waals surface area (Å²) in [6.07, 6.45) is 1.35. The average Bonchev–Trinajstić information content (AvgIpc) is 3.27. The van der Waals surface area contributed by atoms with Gasteiger partial charge in [0.05, 0.1) is 23.0 Å². The lowest BCUT2D eigenvalue weighted by atomic mass is 10.2. The quantitative estimate of drug-likeness (QED) is 0.588. The fourth-order valence-corrected chi connectivity index (χ4v) is 4.50. The Bertz CT molecular complexity index is 1190. The van der Waals surface area contributed by atoms with Crippen LogP contribution in [0.4, 0.5) is 5.69 Å². The van der Waals surface area contributed by atoms with Crippen molar-refractivity contribution in [1.29, 1.82) is 0 Å². The Morgan fingerprint density at radius 2 is 1.80 bits per heavy atom. The Labute approximate surface area is 177 Å². The topological polar surface area (TPSA) is 81.0 Å². The van der Waals surface area contributed by atoms with Crippen LogP contribution in [0.25, 0.3) is 10.2 Å². The molecule has 30 heavy (non-hydrogen) atoms. The zero-order chi connectivity index (χ0) is 21.3. The number of ether oxygens (including phenoxy) is 1. The minimum absolute atomic E-state index is 0.218. The van der Waals surface area contributed by atoms with Crippen LogP contribution < -0.4 is 14.4 Å². The van der Waals surface area contributed by atoms with E-state index in [9.17, 15) is 14.4 Å². The number of fused-ring (bicyclic) bond motifs is 1. The number of amides is 3. The molecule has 0 bridgehead atoms. The van der Waals surface area contributed by atoms with Crippen molar-refractivity contribution in [2.45, 2.75) is 32.7 Å². The maximum Gasteiger partial charge on any atom is 0.279 e. The molecule has 2 aromatic carbocycles. The number of aromatic nitrogens is 1. The van der Waals surface area contributed by atoms with Crippen molar-refractivity contribution in [3.8, 4) is 5.75 Å². The lowest BCUT2D eigenvalue weighted by Gasteiger charge is -2.13. The number of rotatable bonds is 5. The Balaban J connectivity index is 1.68. The van der Waals surface area contributed by atoms with Crippen LogP contribution in [0, 0.1) is 0 Å². The predicted molar refractivity (Wildman–Crippen MR) is 115 cm³/mol. The number of hydrogen-bond acceptors (Lipinski definition) is 5. The van der Waals surface area contributed by atoms with Crippen molar-refractivity contribution >= 4 is 45.0 Å². The molecule has 1 aromatic heterocycles. The number of carbonyl (C=O) groups is 3. The van der Waals surface area contributed by atoms with Gasteiger partial charge in [0, 0.05) is 31.0 Å². The first-order valence-corrected chi connectivity index (χ1v) is 10.6. The first-order chi connectivity index (χ1) is 14.5. The number of carbonyl (C=O) groups excluding carboxylic acids is 3. The zero-order valence-electron chi connectivity index (χ0n) is 16.8. The van der Waals surface area contributed by atoms with Crippen molar-refractivity contribution in [3.63, 3.8) is 0 Å². The van der Waals surface area contributed by atoms with E-state index in [1.165, 1.54) is 16.2 Å². The number of hydrogen-bond donors (Lipinski definition) is 0. The fourth-order valence-electron chi connectivity index (χ4n) is 3.47. The second-order valence-corrected chi connectivity index (χ2v) is 7.97. The number of benzene rings is 2. The van der Waals surface area contributed by atoms with Crippen molar-refractivity contribution in [3.05, 3.63) is 52.8 Å². The average molecular weight is 423 g/mol. The van der Waals surface area contributed by atoms with Crippen LogP contribution in [0.1, 0.15) is 36.5 Å². The summed E-state index contributed by atoms with van der Waals surface area (Å²) < 4.78 is 8.37. The van der Waals surface area contributed by atoms with Gasteiger partial charge in [-0.05, 0) is 42.8 Å². The minimum Gasteiger partial charge on any atom is -0.497 e. The van der Waals surface area contributed by atoms with E-state index in [2.05, 4.69) is 11.9 Å². The normalized spacial score (nSPS) is 14.7. The SMILES string of the molecule is CCCn1c(=NC(=O)c2ccc(N3C(=O)CCC3=O)cc2)sc2ccc(OC)cc21. The van der Waals surface area contributed by atoms with E-state index in [-0.39, 0.29) is 30.6 Å². The monoisotopic (exact) mass is 423 g/mol. The van der Waals surface area contributed by atoms with Crippen LogP contribution in [-0.4, -0.2) is 29.4 Å². The molecule has 3 aromatic rings. The summed E-state index contributed by atoms with van der Waals surface area (Å²) in [5.41, 5.74) is 1.86. The van der Waals surface area contributed by atoms with Gasteiger partial charge >= 0.3 is 0 Å². The molecule has 4 rings (SSSR count). The number of thiazole rings is 1. The molecule has 0 atom stereocenters. The van der Waals surface area contributed by atoms with Gasteiger partial charge in [0.1, 0.15) is 5.75 Å².